The zero-order valence-electron chi connectivity index (χ0n) is 13.3. The van der Waals surface area contributed by atoms with Gasteiger partial charge in [0.05, 0.1) is 0 Å². The van der Waals surface area contributed by atoms with Crippen LogP contribution in [0.3, 0.4) is 0 Å². The Kier molecular flexibility index (Phi) is 3.57. The first-order chi connectivity index (χ1) is 9.88. The molecule has 1 aliphatic carbocycles. The Bertz CT molecular complexity index is 566. The average molecular weight is 304 g/mol. The SMILES string of the molecule is CSC(C)(C)CN1C(=O)C2(CC2)NC1c1ccccc1C. The van der Waals surface area contributed by atoms with Crippen molar-refractivity contribution in [3.8, 4) is 0 Å². The van der Waals surface area contributed by atoms with Gasteiger partial charge in [-0.1, -0.05) is 24.3 Å². The maximum atomic E-state index is 12.8. The van der Waals surface area contributed by atoms with E-state index in [4.69, 9.17) is 0 Å². The van der Waals surface area contributed by atoms with E-state index in [1.54, 1.807) is 0 Å². The van der Waals surface area contributed by atoms with Crippen LogP contribution in [0.1, 0.15) is 44.0 Å². The normalized spacial score (nSPS) is 23.9. The summed E-state index contributed by atoms with van der Waals surface area (Å²) in [5.74, 6) is 0.290. The number of rotatable bonds is 4. The van der Waals surface area contributed by atoms with Crippen molar-refractivity contribution < 1.29 is 4.79 Å². The van der Waals surface area contributed by atoms with E-state index in [0.29, 0.717) is 0 Å². The summed E-state index contributed by atoms with van der Waals surface area (Å²) in [5.41, 5.74) is 2.21. The molecular weight excluding hydrogens is 280 g/mol. The van der Waals surface area contributed by atoms with Crippen molar-refractivity contribution >= 4 is 17.7 Å². The molecule has 1 heterocycles. The lowest BCUT2D eigenvalue weighted by Gasteiger charge is -2.33. The molecular formula is C17H24N2OS. The molecule has 1 aromatic rings. The molecule has 1 saturated heterocycles. The van der Waals surface area contributed by atoms with Crippen LogP contribution in [0.2, 0.25) is 0 Å². The fourth-order valence-electron chi connectivity index (χ4n) is 3.05. The molecule has 0 bridgehead atoms. The number of benzene rings is 1. The molecule has 2 fully saturated rings. The molecule has 1 N–H and O–H groups in total. The van der Waals surface area contributed by atoms with E-state index in [1.807, 2.05) is 11.8 Å². The molecule has 1 aliphatic heterocycles. The minimum absolute atomic E-state index is 0.0209. The highest BCUT2D eigenvalue weighted by Gasteiger charge is 2.59. The Balaban J connectivity index is 1.94. The molecule has 1 spiro atoms. The van der Waals surface area contributed by atoms with Crippen molar-refractivity contribution in [1.82, 2.24) is 10.2 Å². The molecule has 21 heavy (non-hydrogen) atoms. The smallest absolute Gasteiger partial charge is 0.244 e. The fraction of sp³-hybridized carbons (Fsp3) is 0.588. The van der Waals surface area contributed by atoms with Crippen molar-refractivity contribution in [1.29, 1.82) is 0 Å². The van der Waals surface area contributed by atoms with Crippen molar-refractivity contribution in [3.63, 3.8) is 0 Å². The first-order valence-electron chi connectivity index (χ1n) is 7.58. The van der Waals surface area contributed by atoms with Gasteiger partial charge in [-0.3, -0.25) is 10.1 Å². The summed E-state index contributed by atoms with van der Waals surface area (Å²) in [6.45, 7) is 7.31. The molecule has 0 radical (unpaired) electrons. The minimum atomic E-state index is -0.262. The van der Waals surface area contributed by atoms with Gasteiger partial charge >= 0.3 is 0 Å². The van der Waals surface area contributed by atoms with E-state index in [-0.39, 0.29) is 22.4 Å². The lowest BCUT2D eigenvalue weighted by atomic mass is 10.1. The number of amides is 1. The topological polar surface area (TPSA) is 32.3 Å². The summed E-state index contributed by atoms with van der Waals surface area (Å²) >= 11 is 1.82. The van der Waals surface area contributed by atoms with Crippen LogP contribution in [-0.2, 0) is 4.79 Å². The van der Waals surface area contributed by atoms with Gasteiger partial charge in [-0.2, -0.15) is 11.8 Å². The summed E-state index contributed by atoms with van der Waals surface area (Å²) in [7, 11) is 0. The predicted octanol–water partition coefficient (Wildman–Crippen LogP) is 3.10. The van der Waals surface area contributed by atoms with E-state index in [0.717, 1.165) is 19.4 Å². The predicted molar refractivity (Wildman–Crippen MR) is 88.3 cm³/mol. The largest absolute Gasteiger partial charge is 0.320 e. The first-order valence-corrected chi connectivity index (χ1v) is 8.80. The van der Waals surface area contributed by atoms with Crippen LogP contribution in [0.5, 0.6) is 0 Å². The zero-order valence-corrected chi connectivity index (χ0v) is 14.1. The summed E-state index contributed by atoms with van der Waals surface area (Å²) in [5, 5.41) is 3.61. The van der Waals surface area contributed by atoms with Gasteiger partial charge in [0.25, 0.3) is 0 Å². The Morgan fingerprint density at radius 2 is 2.05 bits per heavy atom. The third-order valence-electron chi connectivity index (χ3n) is 4.73. The van der Waals surface area contributed by atoms with Crippen LogP contribution in [0, 0.1) is 6.92 Å². The van der Waals surface area contributed by atoms with E-state index < -0.39 is 0 Å². The first kappa shape index (κ1) is 14.9. The van der Waals surface area contributed by atoms with Gasteiger partial charge in [0.15, 0.2) is 0 Å². The van der Waals surface area contributed by atoms with Crippen LogP contribution >= 0.6 is 11.8 Å². The van der Waals surface area contributed by atoms with Gasteiger partial charge in [0.1, 0.15) is 11.7 Å². The number of nitrogens with one attached hydrogen (secondary N) is 1. The number of aryl methyl sites for hydroxylation is 1. The Hall–Kier alpha value is -1.00. The Morgan fingerprint density at radius 3 is 2.62 bits per heavy atom. The van der Waals surface area contributed by atoms with Gasteiger partial charge in [-0.25, -0.2) is 0 Å². The number of carbonyl (C=O) groups excluding carboxylic acids is 1. The van der Waals surface area contributed by atoms with Crippen LogP contribution in [0.25, 0.3) is 0 Å². The number of carbonyl (C=O) groups is 1. The minimum Gasteiger partial charge on any atom is -0.320 e. The Morgan fingerprint density at radius 1 is 1.38 bits per heavy atom. The lowest BCUT2D eigenvalue weighted by Crippen LogP contribution is -2.40. The second-order valence-electron chi connectivity index (χ2n) is 6.88. The molecule has 1 atom stereocenters. The standard InChI is InChI=1S/C17H24N2OS/c1-12-7-5-6-8-13(12)14-18-17(9-10-17)15(20)19(14)11-16(2,3)21-4/h5-8,14,18H,9-11H2,1-4H3. The molecule has 1 aromatic carbocycles. The van der Waals surface area contributed by atoms with Gasteiger partial charge in [0.2, 0.25) is 5.91 Å². The van der Waals surface area contributed by atoms with Crippen LogP contribution < -0.4 is 5.32 Å². The third-order valence-corrected chi connectivity index (χ3v) is 5.97. The van der Waals surface area contributed by atoms with Crippen molar-refractivity contribution in [2.24, 2.45) is 0 Å². The second kappa shape index (κ2) is 5.03. The molecule has 3 nitrogen and oxygen atoms in total. The van der Waals surface area contributed by atoms with Gasteiger partial charge in [0, 0.05) is 11.3 Å². The van der Waals surface area contributed by atoms with Crippen molar-refractivity contribution in [2.45, 2.75) is 50.1 Å². The second-order valence-corrected chi connectivity index (χ2v) is 8.40. The van der Waals surface area contributed by atoms with E-state index in [9.17, 15) is 4.79 Å². The van der Waals surface area contributed by atoms with Crippen molar-refractivity contribution in [2.75, 3.05) is 12.8 Å². The van der Waals surface area contributed by atoms with Gasteiger partial charge < -0.3 is 4.90 Å². The monoisotopic (exact) mass is 304 g/mol. The maximum Gasteiger partial charge on any atom is 0.244 e. The molecule has 0 aromatic heterocycles. The summed E-state index contributed by atoms with van der Waals surface area (Å²) < 4.78 is 0.0681. The maximum absolute atomic E-state index is 12.8. The zero-order chi connectivity index (χ0) is 15.3. The number of hydrogen-bond donors (Lipinski definition) is 1. The summed E-state index contributed by atoms with van der Waals surface area (Å²) in [4.78, 5) is 14.9. The Labute approximate surface area is 131 Å². The molecule has 4 heteroatoms. The van der Waals surface area contributed by atoms with Gasteiger partial charge in [-0.15, -0.1) is 0 Å². The molecule has 1 unspecified atom stereocenters. The molecule has 1 amide bonds. The van der Waals surface area contributed by atoms with Crippen LogP contribution in [0.15, 0.2) is 24.3 Å². The average Bonchev–Trinajstić information content (AvgIpc) is 3.19. The number of nitrogens with zero attached hydrogens (tertiary/aromatic N) is 1. The molecule has 114 valence electrons. The number of thioether (sulfide) groups is 1. The third kappa shape index (κ3) is 2.59. The van der Waals surface area contributed by atoms with Crippen LogP contribution in [-0.4, -0.2) is 33.9 Å². The molecule has 1 saturated carbocycles. The number of hydrogen-bond acceptors (Lipinski definition) is 3. The fourth-order valence-corrected chi connectivity index (χ4v) is 3.32. The van der Waals surface area contributed by atoms with Crippen LogP contribution in [0.4, 0.5) is 0 Å². The van der Waals surface area contributed by atoms with Crippen molar-refractivity contribution in [3.05, 3.63) is 35.4 Å². The van der Waals surface area contributed by atoms with Gasteiger partial charge in [-0.05, 0) is 51.0 Å². The summed E-state index contributed by atoms with van der Waals surface area (Å²) in [6, 6.07) is 8.38. The highest BCUT2D eigenvalue weighted by Crippen LogP contribution is 2.47. The summed E-state index contributed by atoms with van der Waals surface area (Å²) in [6.07, 6.45) is 4.09. The van der Waals surface area contributed by atoms with E-state index in [1.165, 1.54) is 11.1 Å². The molecule has 3 rings (SSSR count). The highest BCUT2D eigenvalue weighted by molar-refractivity contribution is 7.99. The molecule has 2 aliphatic rings. The van der Waals surface area contributed by atoms with E-state index >= 15 is 0 Å². The lowest BCUT2D eigenvalue weighted by molar-refractivity contribution is -0.131. The highest BCUT2D eigenvalue weighted by atomic mass is 32.2. The van der Waals surface area contributed by atoms with E-state index in [2.05, 4.69) is 61.5 Å². The quantitative estimate of drug-likeness (QED) is 0.927.